The number of carbonyl (C=O) groups excluding carboxylic acids is 1. The molecule has 3 aliphatic carbocycles. The topological polar surface area (TPSA) is 97.6 Å². The number of ether oxygens (including phenoxy) is 1. The fourth-order valence-electron chi connectivity index (χ4n) is 5.84. The number of alkyl halides is 1. The van der Waals surface area contributed by atoms with Crippen LogP contribution < -0.4 is 20.9 Å². The van der Waals surface area contributed by atoms with Crippen molar-refractivity contribution in [2.75, 3.05) is 13.7 Å². The highest BCUT2D eigenvalue weighted by Gasteiger charge is 2.68. The lowest BCUT2D eigenvalue weighted by Crippen LogP contribution is -2.67. The van der Waals surface area contributed by atoms with Gasteiger partial charge in [0.25, 0.3) is 11.5 Å². The number of halogens is 2. The predicted molar refractivity (Wildman–Crippen MR) is 137 cm³/mol. The van der Waals surface area contributed by atoms with Gasteiger partial charge in [0.1, 0.15) is 22.8 Å². The van der Waals surface area contributed by atoms with Crippen molar-refractivity contribution in [3.63, 3.8) is 0 Å². The van der Waals surface area contributed by atoms with Gasteiger partial charge >= 0.3 is 0 Å². The highest BCUT2D eigenvalue weighted by Crippen LogP contribution is 2.69. The molecule has 0 spiro atoms. The monoisotopic (exact) mass is 519 g/mol. The number of methoxy groups -OCH3 is 1. The molecule has 7 rings (SSSR count). The van der Waals surface area contributed by atoms with Crippen LogP contribution in [0.2, 0.25) is 0 Å². The summed E-state index contributed by atoms with van der Waals surface area (Å²) in [5.74, 6) is -0.636. The Kier molecular flexibility index (Phi) is 5.68. The molecule has 3 saturated carbocycles. The number of nitrogens with zero attached hydrogens (tertiary/aromatic N) is 3. The average Bonchev–Trinajstić information content (AvgIpc) is 2.87. The van der Waals surface area contributed by atoms with E-state index in [2.05, 4.69) is 20.6 Å². The van der Waals surface area contributed by atoms with Gasteiger partial charge in [0, 0.05) is 54.0 Å². The van der Waals surface area contributed by atoms with Crippen LogP contribution in [0.15, 0.2) is 53.5 Å². The average molecular weight is 520 g/mol. The van der Waals surface area contributed by atoms with E-state index < -0.39 is 17.5 Å². The number of fused-ring (bicyclic) bond motifs is 2. The highest BCUT2D eigenvalue weighted by molar-refractivity contribution is 5.92. The van der Waals surface area contributed by atoms with E-state index in [9.17, 15) is 18.4 Å². The highest BCUT2D eigenvalue weighted by atomic mass is 19.1. The normalized spacial score (nSPS) is 22.5. The Morgan fingerprint density at radius 2 is 1.97 bits per heavy atom. The molecule has 2 N–H and O–H groups in total. The van der Waals surface area contributed by atoms with Crippen LogP contribution in [0.3, 0.4) is 0 Å². The number of hydrogen-bond acceptors (Lipinski definition) is 6. The molecule has 0 aliphatic heterocycles. The molecule has 1 amide bonds. The summed E-state index contributed by atoms with van der Waals surface area (Å²) in [5.41, 5.74) is 0.566. The van der Waals surface area contributed by atoms with Crippen LogP contribution in [0, 0.1) is 11.4 Å². The SMILES string of the molecule is COc1cc2nc(F)c(C(C)NCC34CC(F)(C3)C4)cc2cc1CNC(=O)c1cc(=O)n2ccccc2n1. The van der Waals surface area contributed by atoms with Gasteiger partial charge in [-0.3, -0.25) is 14.0 Å². The molecule has 3 heterocycles. The number of rotatable bonds is 8. The van der Waals surface area contributed by atoms with Crippen LogP contribution in [0.1, 0.15) is 53.8 Å². The van der Waals surface area contributed by atoms with Crippen LogP contribution >= 0.6 is 0 Å². The van der Waals surface area contributed by atoms with Crippen molar-refractivity contribution in [3.05, 3.63) is 81.8 Å². The molecular formula is C28H27F2N5O3. The van der Waals surface area contributed by atoms with Gasteiger partial charge in [0.2, 0.25) is 5.95 Å². The minimum atomic E-state index is -0.966. The molecule has 3 aromatic heterocycles. The van der Waals surface area contributed by atoms with E-state index in [0.29, 0.717) is 59.2 Å². The van der Waals surface area contributed by atoms with Crippen molar-refractivity contribution in [2.24, 2.45) is 5.41 Å². The second-order valence-corrected chi connectivity index (χ2v) is 10.6. The smallest absolute Gasteiger partial charge is 0.270 e. The fourth-order valence-corrected chi connectivity index (χ4v) is 5.84. The molecule has 0 saturated heterocycles. The van der Waals surface area contributed by atoms with E-state index in [4.69, 9.17) is 4.74 Å². The van der Waals surface area contributed by atoms with Crippen LogP contribution in [0.4, 0.5) is 8.78 Å². The number of carbonyl (C=O) groups is 1. The number of amides is 1. The molecule has 3 aliphatic rings. The lowest BCUT2D eigenvalue weighted by atomic mass is 9.42. The number of hydrogen-bond donors (Lipinski definition) is 2. The molecule has 2 bridgehead atoms. The first-order chi connectivity index (χ1) is 18.2. The molecule has 1 atom stereocenters. The quantitative estimate of drug-likeness (QED) is 0.343. The van der Waals surface area contributed by atoms with Crippen molar-refractivity contribution in [1.82, 2.24) is 25.0 Å². The lowest BCUT2D eigenvalue weighted by Gasteiger charge is -2.66. The van der Waals surface area contributed by atoms with Crippen LogP contribution in [-0.2, 0) is 6.54 Å². The first kappa shape index (κ1) is 24.4. The third-order valence-corrected chi connectivity index (χ3v) is 7.77. The number of aromatic nitrogens is 3. The van der Waals surface area contributed by atoms with Crippen molar-refractivity contribution in [3.8, 4) is 5.75 Å². The Bertz CT molecular complexity index is 1630. The zero-order valence-corrected chi connectivity index (χ0v) is 21.1. The Labute approximate surface area is 217 Å². The van der Waals surface area contributed by atoms with Gasteiger partial charge < -0.3 is 15.4 Å². The van der Waals surface area contributed by atoms with Gasteiger partial charge in [-0.25, -0.2) is 14.4 Å². The van der Waals surface area contributed by atoms with E-state index in [1.54, 1.807) is 42.6 Å². The zero-order valence-electron chi connectivity index (χ0n) is 21.1. The van der Waals surface area contributed by atoms with E-state index in [1.165, 1.54) is 17.6 Å². The lowest BCUT2D eigenvalue weighted by molar-refractivity contribution is -0.210. The maximum Gasteiger partial charge on any atom is 0.270 e. The number of nitrogens with one attached hydrogen (secondary N) is 2. The molecule has 4 aromatic rings. The summed E-state index contributed by atoms with van der Waals surface area (Å²) >= 11 is 0. The number of benzene rings is 1. The molecule has 1 unspecified atom stereocenters. The Morgan fingerprint density at radius 3 is 2.71 bits per heavy atom. The van der Waals surface area contributed by atoms with Gasteiger partial charge in [0.05, 0.1) is 12.6 Å². The van der Waals surface area contributed by atoms with Gasteiger partial charge in [-0.1, -0.05) is 6.07 Å². The van der Waals surface area contributed by atoms with E-state index >= 15 is 0 Å². The Hall–Kier alpha value is -3.92. The Balaban J connectivity index is 1.21. The first-order valence-electron chi connectivity index (χ1n) is 12.5. The predicted octanol–water partition coefficient (Wildman–Crippen LogP) is 3.86. The summed E-state index contributed by atoms with van der Waals surface area (Å²) in [5, 5.41) is 6.83. The van der Waals surface area contributed by atoms with Crippen LogP contribution in [-0.4, -0.2) is 39.6 Å². The molecule has 196 valence electrons. The summed E-state index contributed by atoms with van der Waals surface area (Å²) in [7, 11) is 1.49. The molecule has 1 aromatic carbocycles. The summed E-state index contributed by atoms with van der Waals surface area (Å²) in [6.45, 7) is 2.61. The largest absolute Gasteiger partial charge is 0.496 e. The Morgan fingerprint density at radius 1 is 1.18 bits per heavy atom. The zero-order chi connectivity index (χ0) is 26.7. The van der Waals surface area contributed by atoms with Crippen molar-refractivity contribution < 1.29 is 18.3 Å². The minimum Gasteiger partial charge on any atom is -0.496 e. The van der Waals surface area contributed by atoms with Gasteiger partial charge in [-0.05, 0) is 55.9 Å². The summed E-state index contributed by atoms with van der Waals surface area (Å²) in [4.78, 5) is 33.6. The second-order valence-electron chi connectivity index (χ2n) is 10.6. The third-order valence-electron chi connectivity index (χ3n) is 7.77. The molecule has 3 fully saturated rings. The van der Waals surface area contributed by atoms with Crippen LogP contribution in [0.5, 0.6) is 5.75 Å². The molecular weight excluding hydrogens is 492 g/mol. The van der Waals surface area contributed by atoms with E-state index in [0.717, 1.165) is 0 Å². The maximum atomic E-state index is 14.9. The minimum absolute atomic E-state index is 0.00788. The summed E-state index contributed by atoms with van der Waals surface area (Å²) in [6, 6.07) is 11.1. The second kappa shape index (κ2) is 8.83. The van der Waals surface area contributed by atoms with Gasteiger partial charge in [-0.15, -0.1) is 0 Å². The summed E-state index contributed by atoms with van der Waals surface area (Å²) < 4.78 is 35.6. The van der Waals surface area contributed by atoms with Crippen molar-refractivity contribution in [1.29, 1.82) is 0 Å². The molecule has 38 heavy (non-hydrogen) atoms. The molecule has 0 radical (unpaired) electrons. The standard InChI is InChI=1S/C28H27F2N5O3/c1-16(32-15-27-12-28(30,13-27)14-27)19-8-17-7-18(22(38-2)9-20(17)34-25(19)29)11-31-26(37)21-10-24(36)35-6-4-3-5-23(35)33-21/h3-10,16,32H,11-15H2,1-2H3,(H,31,37). The summed E-state index contributed by atoms with van der Waals surface area (Å²) in [6.07, 6.45) is 3.33. The van der Waals surface area contributed by atoms with E-state index in [1.807, 2.05) is 6.92 Å². The van der Waals surface area contributed by atoms with E-state index in [-0.39, 0.29) is 29.3 Å². The van der Waals surface area contributed by atoms with Crippen molar-refractivity contribution in [2.45, 2.75) is 44.4 Å². The first-order valence-corrected chi connectivity index (χ1v) is 12.5. The molecule has 10 heteroatoms. The van der Waals surface area contributed by atoms with Gasteiger partial charge in [-0.2, -0.15) is 4.39 Å². The molecule has 8 nitrogen and oxygen atoms in total. The maximum absolute atomic E-state index is 14.9. The van der Waals surface area contributed by atoms with Crippen LogP contribution in [0.25, 0.3) is 16.6 Å². The third kappa shape index (κ3) is 4.18. The van der Waals surface area contributed by atoms with Gasteiger partial charge in [0.15, 0.2) is 0 Å². The van der Waals surface area contributed by atoms with Crippen molar-refractivity contribution >= 4 is 22.5 Å². The number of pyridine rings is 2. The fraction of sp³-hybridized carbons (Fsp3) is 0.357.